The van der Waals surface area contributed by atoms with Crippen LogP contribution >= 0.6 is 0 Å². The van der Waals surface area contributed by atoms with E-state index in [0.29, 0.717) is 0 Å². The van der Waals surface area contributed by atoms with E-state index >= 15 is 0 Å². The van der Waals surface area contributed by atoms with E-state index in [1.54, 1.807) is 6.33 Å². The molecule has 1 aromatic rings. The molecule has 76 valence electrons. The van der Waals surface area contributed by atoms with Crippen LogP contribution in [0.15, 0.2) is 6.33 Å². The zero-order valence-corrected chi connectivity index (χ0v) is 8.83. The number of rotatable bonds is 3. The van der Waals surface area contributed by atoms with Crippen LogP contribution in [0.3, 0.4) is 0 Å². The van der Waals surface area contributed by atoms with Gasteiger partial charge in [-0.25, -0.2) is 9.97 Å². The molecular weight excluding hydrogens is 174 g/mol. The van der Waals surface area contributed by atoms with E-state index < -0.39 is 0 Å². The smallest absolute Gasteiger partial charge is 0.115 e. The van der Waals surface area contributed by atoms with Crippen LogP contribution in [0.1, 0.15) is 42.3 Å². The normalized spacial score (nSPS) is 18.2. The van der Waals surface area contributed by atoms with E-state index in [4.69, 9.17) is 5.73 Å². The highest BCUT2D eigenvalue weighted by atomic mass is 14.9. The Labute approximate surface area is 84.8 Å². The first-order valence-electron chi connectivity index (χ1n) is 5.22. The quantitative estimate of drug-likeness (QED) is 0.793. The van der Waals surface area contributed by atoms with E-state index in [1.165, 1.54) is 12.8 Å². The minimum Gasteiger partial charge on any atom is -0.324 e. The van der Waals surface area contributed by atoms with Crippen LogP contribution < -0.4 is 5.73 Å². The second-order valence-electron chi connectivity index (χ2n) is 4.24. The molecule has 0 spiro atoms. The summed E-state index contributed by atoms with van der Waals surface area (Å²) in [7, 11) is 0. The highest BCUT2D eigenvalue weighted by molar-refractivity contribution is 5.26. The summed E-state index contributed by atoms with van der Waals surface area (Å²) in [6.45, 7) is 4.02. The molecule has 1 aliphatic carbocycles. The monoisotopic (exact) mass is 191 g/mol. The molecule has 3 nitrogen and oxygen atoms in total. The third-order valence-electron chi connectivity index (χ3n) is 2.94. The van der Waals surface area contributed by atoms with E-state index in [0.717, 1.165) is 29.3 Å². The average molecular weight is 191 g/mol. The van der Waals surface area contributed by atoms with Crippen LogP contribution in [0.25, 0.3) is 0 Å². The summed E-state index contributed by atoms with van der Waals surface area (Å²) in [6, 6.07) is 0.128. The van der Waals surface area contributed by atoms with Crippen LogP contribution in [0.5, 0.6) is 0 Å². The molecule has 0 aliphatic heterocycles. The molecule has 0 saturated heterocycles. The van der Waals surface area contributed by atoms with Gasteiger partial charge in [0.2, 0.25) is 0 Å². The van der Waals surface area contributed by atoms with E-state index in [1.807, 2.05) is 13.8 Å². The molecule has 0 amide bonds. The van der Waals surface area contributed by atoms with Gasteiger partial charge in [-0.05, 0) is 26.2 Å². The Balaban J connectivity index is 2.19. The Bertz CT molecular complexity index is 311. The summed E-state index contributed by atoms with van der Waals surface area (Å²) in [4.78, 5) is 8.40. The van der Waals surface area contributed by atoms with Gasteiger partial charge >= 0.3 is 0 Å². The van der Waals surface area contributed by atoms with Crippen molar-refractivity contribution >= 4 is 0 Å². The van der Waals surface area contributed by atoms with Crippen molar-refractivity contribution in [3.8, 4) is 0 Å². The fourth-order valence-corrected chi connectivity index (χ4v) is 1.97. The van der Waals surface area contributed by atoms with Gasteiger partial charge in [0.15, 0.2) is 0 Å². The zero-order chi connectivity index (χ0) is 10.1. The predicted molar refractivity (Wildman–Crippen MR) is 55.8 cm³/mol. The van der Waals surface area contributed by atoms with Crippen molar-refractivity contribution in [2.45, 2.75) is 39.2 Å². The molecule has 1 fully saturated rings. The van der Waals surface area contributed by atoms with Crippen LogP contribution in [0.2, 0.25) is 0 Å². The number of aromatic nitrogens is 2. The Kier molecular flexibility index (Phi) is 2.50. The largest absolute Gasteiger partial charge is 0.324 e. The van der Waals surface area contributed by atoms with Crippen LogP contribution in [-0.4, -0.2) is 9.97 Å². The van der Waals surface area contributed by atoms with E-state index in [9.17, 15) is 0 Å². The standard InChI is InChI=1S/C11H17N3/c1-7-11(8(2)14-6-13-7)10(12)5-9-3-4-9/h6,9-10H,3-5,12H2,1-2H3. The van der Waals surface area contributed by atoms with Crippen molar-refractivity contribution in [3.05, 3.63) is 23.3 Å². The molecule has 0 radical (unpaired) electrons. The van der Waals surface area contributed by atoms with Crippen LogP contribution in [0, 0.1) is 19.8 Å². The van der Waals surface area contributed by atoms with Crippen molar-refractivity contribution in [1.82, 2.24) is 9.97 Å². The summed E-state index contributed by atoms with van der Waals surface area (Å²) in [5.74, 6) is 0.851. The fourth-order valence-electron chi connectivity index (χ4n) is 1.97. The third-order valence-corrected chi connectivity index (χ3v) is 2.94. The molecule has 1 aromatic heterocycles. The maximum Gasteiger partial charge on any atom is 0.115 e. The predicted octanol–water partition coefficient (Wildman–Crippen LogP) is 1.89. The lowest BCUT2D eigenvalue weighted by molar-refractivity contribution is 0.586. The summed E-state index contributed by atoms with van der Waals surface area (Å²) in [5, 5.41) is 0. The Hall–Kier alpha value is -0.960. The lowest BCUT2D eigenvalue weighted by atomic mass is 9.99. The minimum atomic E-state index is 0.128. The topological polar surface area (TPSA) is 51.8 Å². The van der Waals surface area contributed by atoms with Crippen molar-refractivity contribution in [2.75, 3.05) is 0 Å². The lowest BCUT2D eigenvalue weighted by Gasteiger charge is -2.15. The molecule has 1 unspecified atom stereocenters. The van der Waals surface area contributed by atoms with E-state index in [-0.39, 0.29) is 6.04 Å². The SMILES string of the molecule is Cc1ncnc(C)c1C(N)CC1CC1. The molecule has 0 bridgehead atoms. The first kappa shape index (κ1) is 9.59. The summed E-state index contributed by atoms with van der Waals surface area (Å²) in [5.41, 5.74) is 9.38. The maximum absolute atomic E-state index is 6.16. The van der Waals surface area contributed by atoms with Gasteiger partial charge in [0.25, 0.3) is 0 Å². The Morgan fingerprint density at radius 3 is 2.43 bits per heavy atom. The van der Waals surface area contributed by atoms with Gasteiger partial charge in [-0.15, -0.1) is 0 Å². The third kappa shape index (κ3) is 1.93. The van der Waals surface area contributed by atoms with E-state index in [2.05, 4.69) is 9.97 Å². The Morgan fingerprint density at radius 1 is 1.36 bits per heavy atom. The molecule has 1 saturated carbocycles. The number of hydrogen-bond donors (Lipinski definition) is 1. The van der Waals surface area contributed by atoms with Gasteiger partial charge in [0, 0.05) is 23.0 Å². The molecule has 14 heavy (non-hydrogen) atoms. The van der Waals surface area contributed by atoms with Crippen molar-refractivity contribution < 1.29 is 0 Å². The van der Waals surface area contributed by atoms with Gasteiger partial charge in [-0.3, -0.25) is 0 Å². The second kappa shape index (κ2) is 3.65. The first-order valence-corrected chi connectivity index (χ1v) is 5.22. The first-order chi connectivity index (χ1) is 6.68. The van der Waals surface area contributed by atoms with Gasteiger partial charge in [0.05, 0.1) is 0 Å². The molecule has 1 heterocycles. The maximum atomic E-state index is 6.16. The fraction of sp³-hybridized carbons (Fsp3) is 0.636. The average Bonchev–Trinajstić information content (AvgIpc) is 2.87. The van der Waals surface area contributed by atoms with Crippen molar-refractivity contribution in [3.63, 3.8) is 0 Å². The van der Waals surface area contributed by atoms with Crippen molar-refractivity contribution in [2.24, 2.45) is 11.7 Å². The highest BCUT2D eigenvalue weighted by Crippen LogP contribution is 2.37. The number of nitrogens with two attached hydrogens (primary N) is 1. The van der Waals surface area contributed by atoms with Gasteiger partial charge in [-0.2, -0.15) is 0 Å². The lowest BCUT2D eigenvalue weighted by Crippen LogP contribution is -2.15. The molecule has 2 rings (SSSR count). The highest BCUT2D eigenvalue weighted by Gasteiger charge is 2.26. The summed E-state index contributed by atoms with van der Waals surface area (Å²) >= 11 is 0. The van der Waals surface area contributed by atoms with Crippen molar-refractivity contribution in [1.29, 1.82) is 0 Å². The summed E-state index contributed by atoms with van der Waals surface area (Å²) in [6.07, 6.45) is 5.39. The molecular formula is C11H17N3. The van der Waals surface area contributed by atoms with Gasteiger partial charge in [-0.1, -0.05) is 12.8 Å². The zero-order valence-electron chi connectivity index (χ0n) is 8.83. The number of hydrogen-bond acceptors (Lipinski definition) is 3. The van der Waals surface area contributed by atoms with Crippen LogP contribution in [-0.2, 0) is 0 Å². The minimum absolute atomic E-state index is 0.128. The molecule has 2 N–H and O–H groups in total. The molecule has 0 aromatic carbocycles. The number of nitrogens with zero attached hydrogens (tertiary/aromatic N) is 2. The second-order valence-corrected chi connectivity index (χ2v) is 4.24. The Morgan fingerprint density at radius 2 is 1.93 bits per heavy atom. The molecule has 1 aliphatic rings. The van der Waals surface area contributed by atoms with Crippen LogP contribution in [0.4, 0.5) is 0 Å². The molecule has 3 heteroatoms. The molecule has 1 atom stereocenters. The number of aryl methyl sites for hydroxylation is 2. The summed E-state index contributed by atoms with van der Waals surface area (Å²) < 4.78 is 0. The van der Waals surface area contributed by atoms with Gasteiger partial charge in [0.1, 0.15) is 6.33 Å². The van der Waals surface area contributed by atoms with Gasteiger partial charge < -0.3 is 5.73 Å².